The number of carbonyl (C=O) groups is 4. The molecule has 0 unspecified atom stereocenters. The highest BCUT2D eigenvalue weighted by molar-refractivity contribution is 7.13. The summed E-state index contributed by atoms with van der Waals surface area (Å²) >= 11 is 1.10. The Hall–Kier alpha value is -3.22. The fourth-order valence-electron chi connectivity index (χ4n) is 2.43. The number of carboxylic acid groups (broad SMARTS) is 1. The molecule has 1 aromatic rings. The molecule has 0 saturated carbocycles. The van der Waals surface area contributed by atoms with E-state index >= 15 is 0 Å². The number of β-lactam (4-membered cyclic amide) rings is 1. The lowest BCUT2D eigenvalue weighted by Gasteiger charge is -2.44. The molecule has 4 amide bonds. The van der Waals surface area contributed by atoms with Crippen molar-refractivity contribution < 1.29 is 29.1 Å². The first-order valence-corrected chi connectivity index (χ1v) is 8.48. The van der Waals surface area contributed by atoms with Crippen LogP contribution in [0.2, 0.25) is 0 Å². The van der Waals surface area contributed by atoms with E-state index in [1.165, 1.54) is 19.5 Å². The summed E-state index contributed by atoms with van der Waals surface area (Å²) in [4.78, 5) is 57.9. The minimum atomic E-state index is -1.21. The fraction of sp³-hybridized carbons (Fsp3) is 0.429. The van der Waals surface area contributed by atoms with Crippen molar-refractivity contribution in [3.8, 4) is 0 Å². The molecular formula is C14H18N6O6S. The number of amides is 4. The number of hydrogen-bond acceptors (Lipinski definition) is 9. The van der Waals surface area contributed by atoms with Crippen LogP contribution in [0.25, 0.3) is 0 Å². The van der Waals surface area contributed by atoms with E-state index in [9.17, 15) is 19.2 Å². The van der Waals surface area contributed by atoms with Crippen molar-refractivity contribution in [3.05, 3.63) is 11.1 Å². The second-order valence-corrected chi connectivity index (χ2v) is 6.52. The maximum Gasteiger partial charge on any atom is 0.327 e. The Labute approximate surface area is 157 Å². The monoisotopic (exact) mass is 398 g/mol. The number of oxime groups is 1. The fourth-order valence-corrected chi connectivity index (χ4v) is 2.98. The number of nitrogens with one attached hydrogen (secondary N) is 1. The van der Waals surface area contributed by atoms with Crippen LogP contribution in [0.5, 0.6) is 0 Å². The van der Waals surface area contributed by atoms with Crippen LogP contribution in [-0.4, -0.2) is 82.2 Å². The quantitative estimate of drug-likeness (QED) is 0.309. The number of carboxylic acids is 1. The molecule has 2 atom stereocenters. The van der Waals surface area contributed by atoms with E-state index in [0.29, 0.717) is 0 Å². The van der Waals surface area contributed by atoms with E-state index in [0.717, 1.165) is 21.1 Å². The van der Waals surface area contributed by atoms with E-state index in [1.807, 2.05) is 0 Å². The van der Waals surface area contributed by atoms with E-state index in [2.05, 4.69) is 20.3 Å². The first-order valence-electron chi connectivity index (χ1n) is 7.60. The Morgan fingerprint density at radius 2 is 2.19 bits per heavy atom. The summed E-state index contributed by atoms with van der Waals surface area (Å²) in [6, 6.07) is -2.41. The van der Waals surface area contributed by atoms with Crippen LogP contribution < -0.4 is 11.1 Å². The predicted molar refractivity (Wildman–Crippen MR) is 94.0 cm³/mol. The predicted octanol–water partition coefficient (Wildman–Crippen LogP) is -1.07. The van der Waals surface area contributed by atoms with Gasteiger partial charge in [0.05, 0.1) is 6.04 Å². The third kappa shape index (κ3) is 4.13. The highest BCUT2D eigenvalue weighted by Gasteiger charge is 2.50. The molecule has 0 bridgehead atoms. The van der Waals surface area contributed by atoms with E-state index in [4.69, 9.17) is 10.8 Å². The van der Waals surface area contributed by atoms with Gasteiger partial charge in [-0.1, -0.05) is 5.16 Å². The minimum Gasteiger partial charge on any atom is -0.480 e. The average Bonchev–Trinajstić information content (AvgIpc) is 3.02. The summed E-state index contributed by atoms with van der Waals surface area (Å²) in [6.07, 6.45) is 0. The first kappa shape index (κ1) is 20.1. The lowest BCUT2D eigenvalue weighted by Crippen LogP contribution is -2.73. The standard InChI is InChI=1S/C14H18N6O6S/c1-6-9(12(24)20(6)14(25)19(2)4-8(21)22)17-11(23)10(18-26-3)7-5-27-13(15)16-7/h5-6,9H,4H2,1-3H3,(H2,15,16)(H,17,23)(H,21,22)/b18-10-/t6-,9-/m0/s1. The van der Waals surface area contributed by atoms with Gasteiger partial charge in [-0.05, 0) is 6.92 Å². The third-order valence-corrected chi connectivity index (χ3v) is 4.42. The number of anilines is 1. The molecule has 4 N–H and O–H groups in total. The summed E-state index contributed by atoms with van der Waals surface area (Å²) in [5.41, 5.74) is 5.56. The topological polar surface area (TPSA) is 168 Å². The van der Waals surface area contributed by atoms with Gasteiger partial charge >= 0.3 is 12.0 Å². The second kappa shape index (κ2) is 7.99. The number of carbonyl (C=O) groups excluding carboxylic acids is 3. The Morgan fingerprint density at radius 3 is 2.67 bits per heavy atom. The van der Waals surface area contributed by atoms with Crippen molar-refractivity contribution >= 4 is 46.0 Å². The first-order chi connectivity index (χ1) is 12.7. The Kier molecular flexibility index (Phi) is 5.95. The molecule has 0 aliphatic carbocycles. The van der Waals surface area contributed by atoms with Crippen LogP contribution in [-0.2, 0) is 19.2 Å². The Morgan fingerprint density at radius 1 is 1.52 bits per heavy atom. The number of nitrogens with two attached hydrogens (primary N) is 1. The van der Waals surface area contributed by atoms with Gasteiger partial charge in [-0.15, -0.1) is 11.3 Å². The van der Waals surface area contributed by atoms with Crippen LogP contribution in [0, 0.1) is 0 Å². The lowest BCUT2D eigenvalue weighted by molar-refractivity contribution is -0.148. The zero-order valence-electron chi connectivity index (χ0n) is 14.7. The number of hydrogen-bond donors (Lipinski definition) is 3. The molecule has 0 radical (unpaired) electrons. The molecule has 2 rings (SSSR count). The van der Waals surface area contributed by atoms with Crippen LogP contribution in [0.1, 0.15) is 12.6 Å². The summed E-state index contributed by atoms with van der Waals surface area (Å²) in [7, 11) is 2.51. The molecule has 1 aliphatic rings. The number of imide groups is 1. The third-order valence-electron chi connectivity index (χ3n) is 3.75. The van der Waals surface area contributed by atoms with Crippen molar-refractivity contribution in [2.24, 2.45) is 5.16 Å². The zero-order chi connectivity index (χ0) is 20.3. The maximum atomic E-state index is 12.5. The number of aliphatic carboxylic acids is 1. The molecule has 1 aromatic heterocycles. The van der Waals surface area contributed by atoms with Gasteiger partial charge < -0.3 is 25.9 Å². The molecule has 13 heteroatoms. The molecule has 1 saturated heterocycles. The summed E-state index contributed by atoms with van der Waals surface area (Å²) in [5, 5.41) is 16.6. The van der Waals surface area contributed by atoms with Gasteiger partial charge in [0.25, 0.3) is 11.8 Å². The number of aromatic nitrogens is 1. The number of likely N-dealkylation sites (N-methyl/N-ethyl adjacent to an activating group) is 1. The van der Waals surface area contributed by atoms with Crippen molar-refractivity contribution in [2.45, 2.75) is 19.0 Å². The van der Waals surface area contributed by atoms with Crippen LogP contribution >= 0.6 is 11.3 Å². The number of nitrogen functional groups attached to an aromatic ring is 1. The molecule has 12 nitrogen and oxygen atoms in total. The van der Waals surface area contributed by atoms with Gasteiger partial charge in [0, 0.05) is 12.4 Å². The Bertz CT molecular complexity index is 808. The van der Waals surface area contributed by atoms with E-state index in [1.54, 1.807) is 6.92 Å². The van der Waals surface area contributed by atoms with Gasteiger partial charge in [0.2, 0.25) is 0 Å². The Balaban J connectivity index is 2.07. The van der Waals surface area contributed by atoms with Gasteiger partial charge in [-0.3, -0.25) is 19.3 Å². The smallest absolute Gasteiger partial charge is 0.327 e. The highest BCUT2D eigenvalue weighted by Crippen LogP contribution is 2.22. The van der Waals surface area contributed by atoms with Crippen molar-refractivity contribution in [3.63, 3.8) is 0 Å². The minimum absolute atomic E-state index is 0.168. The van der Waals surface area contributed by atoms with Gasteiger partial charge in [-0.2, -0.15) is 0 Å². The number of nitrogens with zero attached hydrogens (tertiary/aromatic N) is 4. The van der Waals surface area contributed by atoms with Crippen LogP contribution in [0.4, 0.5) is 9.93 Å². The summed E-state index contributed by atoms with van der Waals surface area (Å²) < 4.78 is 0. The molecule has 2 heterocycles. The highest BCUT2D eigenvalue weighted by atomic mass is 32.1. The molecule has 1 fully saturated rings. The lowest BCUT2D eigenvalue weighted by atomic mass is 9.97. The molecule has 27 heavy (non-hydrogen) atoms. The largest absolute Gasteiger partial charge is 0.480 e. The number of rotatable bonds is 6. The molecule has 0 spiro atoms. The number of urea groups is 1. The zero-order valence-corrected chi connectivity index (χ0v) is 15.5. The number of thiazole rings is 1. The summed E-state index contributed by atoms with van der Waals surface area (Å²) in [6.45, 7) is 0.995. The van der Waals surface area contributed by atoms with Gasteiger partial charge in [0.1, 0.15) is 25.4 Å². The SMILES string of the molecule is CO/N=C(\C(=O)N[C@@H]1C(=O)N(C(=O)N(C)CC(=O)O)[C@H]1C)c1csc(N)n1. The molecule has 0 aromatic carbocycles. The molecular weight excluding hydrogens is 380 g/mol. The van der Waals surface area contributed by atoms with Crippen molar-refractivity contribution in [2.75, 3.05) is 26.4 Å². The van der Waals surface area contributed by atoms with Gasteiger partial charge in [0.15, 0.2) is 10.8 Å². The van der Waals surface area contributed by atoms with E-state index < -0.39 is 42.4 Å². The van der Waals surface area contributed by atoms with Crippen LogP contribution in [0.15, 0.2) is 10.5 Å². The van der Waals surface area contributed by atoms with Crippen LogP contribution in [0.3, 0.4) is 0 Å². The van der Waals surface area contributed by atoms with Gasteiger partial charge in [-0.25, -0.2) is 9.78 Å². The molecule has 1 aliphatic heterocycles. The second-order valence-electron chi connectivity index (χ2n) is 5.63. The maximum absolute atomic E-state index is 12.5. The van der Waals surface area contributed by atoms with E-state index in [-0.39, 0.29) is 16.5 Å². The van der Waals surface area contributed by atoms with Crippen molar-refractivity contribution in [1.29, 1.82) is 0 Å². The molecule has 146 valence electrons. The normalized spacial score (nSPS) is 19.3. The number of likely N-dealkylation sites (tertiary alicyclic amines) is 1. The summed E-state index contributed by atoms with van der Waals surface area (Å²) in [5.74, 6) is -2.59. The average molecular weight is 398 g/mol. The van der Waals surface area contributed by atoms with Crippen molar-refractivity contribution in [1.82, 2.24) is 20.1 Å².